The second-order valence-electron chi connectivity index (χ2n) is 6.72. The average molecular weight is 352 g/mol. The Morgan fingerprint density at radius 3 is 2.92 bits per heavy atom. The minimum Gasteiger partial charge on any atom is -0.408 e. The van der Waals surface area contributed by atoms with Gasteiger partial charge in [0.15, 0.2) is 5.58 Å². The van der Waals surface area contributed by atoms with Gasteiger partial charge in [0, 0.05) is 30.6 Å². The molecule has 2 heterocycles. The maximum Gasteiger partial charge on any atom is 0.419 e. The molecule has 1 aromatic heterocycles. The summed E-state index contributed by atoms with van der Waals surface area (Å²) in [5.41, 5.74) is 1.24. The van der Waals surface area contributed by atoms with Crippen LogP contribution in [0.25, 0.3) is 11.1 Å². The number of aryl methyl sites for hydroxylation is 1. The number of hydrogen-bond acceptors (Lipinski definition) is 4. The number of piperidine rings is 1. The number of benzene rings is 1. The fourth-order valence-corrected chi connectivity index (χ4v) is 3.23. The van der Waals surface area contributed by atoms with Gasteiger partial charge < -0.3 is 15.1 Å². The van der Waals surface area contributed by atoms with Crippen molar-refractivity contribution in [3.8, 4) is 0 Å². The highest BCUT2D eigenvalue weighted by atomic mass is 35.5. The Kier molecular flexibility index (Phi) is 4.96. The zero-order chi connectivity index (χ0) is 17.2. The first kappa shape index (κ1) is 17.0. The number of halogens is 1. The molecule has 0 bridgehead atoms. The van der Waals surface area contributed by atoms with E-state index in [2.05, 4.69) is 17.6 Å². The Bertz CT molecular complexity index is 790. The molecule has 1 fully saturated rings. The van der Waals surface area contributed by atoms with E-state index < -0.39 is 5.76 Å². The van der Waals surface area contributed by atoms with E-state index in [4.69, 9.17) is 16.0 Å². The largest absolute Gasteiger partial charge is 0.419 e. The SMILES string of the molecule is CC1(CNC(=O)CCn2c(=O)oc3cc(Cl)ccc32)CCNCC1. The average Bonchev–Trinajstić information content (AvgIpc) is 2.86. The van der Waals surface area contributed by atoms with Crippen LogP contribution in [0.15, 0.2) is 27.4 Å². The van der Waals surface area contributed by atoms with Gasteiger partial charge in [-0.15, -0.1) is 0 Å². The highest BCUT2D eigenvalue weighted by Gasteiger charge is 2.26. The molecule has 1 aliphatic heterocycles. The number of aromatic nitrogens is 1. The van der Waals surface area contributed by atoms with Crippen molar-refractivity contribution in [2.45, 2.75) is 32.7 Å². The summed E-state index contributed by atoms with van der Waals surface area (Å²) in [6.45, 7) is 5.14. The highest BCUT2D eigenvalue weighted by molar-refractivity contribution is 6.31. The molecule has 1 aromatic carbocycles. The van der Waals surface area contributed by atoms with Gasteiger partial charge in [0.25, 0.3) is 0 Å². The van der Waals surface area contributed by atoms with E-state index in [-0.39, 0.29) is 24.3 Å². The van der Waals surface area contributed by atoms with Gasteiger partial charge in [0.05, 0.1) is 5.52 Å². The van der Waals surface area contributed by atoms with Crippen LogP contribution in [0.2, 0.25) is 5.02 Å². The molecule has 6 nitrogen and oxygen atoms in total. The first-order chi connectivity index (χ1) is 11.5. The lowest BCUT2D eigenvalue weighted by Gasteiger charge is -2.34. The maximum atomic E-state index is 12.1. The summed E-state index contributed by atoms with van der Waals surface area (Å²) in [7, 11) is 0. The molecule has 3 rings (SSSR count). The van der Waals surface area contributed by atoms with Crippen LogP contribution in [0.3, 0.4) is 0 Å². The summed E-state index contributed by atoms with van der Waals surface area (Å²) >= 11 is 5.90. The van der Waals surface area contributed by atoms with Crippen molar-refractivity contribution in [1.29, 1.82) is 0 Å². The number of oxazole rings is 1. The number of hydrogen-bond donors (Lipinski definition) is 2. The summed E-state index contributed by atoms with van der Waals surface area (Å²) in [5, 5.41) is 6.84. The van der Waals surface area contributed by atoms with Gasteiger partial charge in [-0.2, -0.15) is 0 Å². The van der Waals surface area contributed by atoms with Gasteiger partial charge in [0.2, 0.25) is 5.91 Å². The first-order valence-electron chi connectivity index (χ1n) is 8.23. The van der Waals surface area contributed by atoms with Crippen molar-refractivity contribution in [2.24, 2.45) is 5.41 Å². The van der Waals surface area contributed by atoms with Crippen LogP contribution in [0, 0.1) is 5.41 Å². The van der Waals surface area contributed by atoms with Crippen molar-refractivity contribution in [2.75, 3.05) is 19.6 Å². The number of carbonyl (C=O) groups is 1. The molecule has 0 saturated carbocycles. The fourth-order valence-electron chi connectivity index (χ4n) is 3.07. The summed E-state index contributed by atoms with van der Waals surface area (Å²) in [6.07, 6.45) is 2.35. The molecular formula is C17H22ClN3O3. The standard InChI is InChI=1S/C17H22ClN3O3/c1-17(5-7-19-8-6-17)11-20-15(22)4-9-21-13-3-2-12(18)10-14(13)24-16(21)23/h2-3,10,19H,4-9,11H2,1H3,(H,20,22). The predicted molar refractivity (Wildman–Crippen MR) is 93.3 cm³/mol. The second kappa shape index (κ2) is 6.99. The second-order valence-corrected chi connectivity index (χ2v) is 7.16. The molecule has 2 N–H and O–H groups in total. The molecule has 1 amide bonds. The number of nitrogens with one attached hydrogen (secondary N) is 2. The van der Waals surface area contributed by atoms with Crippen molar-refractivity contribution in [3.05, 3.63) is 33.8 Å². The van der Waals surface area contributed by atoms with E-state index in [0.717, 1.165) is 25.9 Å². The zero-order valence-electron chi connectivity index (χ0n) is 13.7. The van der Waals surface area contributed by atoms with Crippen molar-refractivity contribution < 1.29 is 9.21 Å². The van der Waals surface area contributed by atoms with Crippen molar-refractivity contribution in [1.82, 2.24) is 15.2 Å². The molecule has 1 aliphatic rings. The zero-order valence-corrected chi connectivity index (χ0v) is 14.5. The van der Waals surface area contributed by atoms with Gasteiger partial charge in [-0.05, 0) is 43.5 Å². The molecule has 130 valence electrons. The quantitative estimate of drug-likeness (QED) is 0.865. The topological polar surface area (TPSA) is 76.3 Å². The van der Waals surface area contributed by atoms with E-state index in [1.54, 1.807) is 18.2 Å². The third kappa shape index (κ3) is 3.82. The van der Waals surface area contributed by atoms with E-state index in [1.807, 2.05) is 0 Å². The van der Waals surface area contributed by atoms with Crippen LogP contribution >= 0.6 is 11.6 Å². The smallest absolute Gasteiger partial charge is 0.408 e. The number of fused-ring (bicyclic) bond motifs is 1. The Balaban J connectivity index is 1.58. The van der Waals surface area contributed by atoms with Crippen LogP contribution in [0.5, 0.6) is 0 Å². The van der Waals surface area contributed by atoms with E-state index in [0.29, 0.717) is 22.7 Å². The van der Waals surface area contributed by atoms with Gasteiger partial charge in [0.1, 0.15) is 0 Å². The Morgan fingerprint density at radius 2 is 2.17 bits per heavy atom. The van der Waals surface area contributed by atoms with Gasteiger partial charge in [-0.1, -0.05) is 18.5 Å². The molecule has 0 spiro atoms. The molecule has 1 saturated heterocycles. The lowest BCUT2D eigenvalue weighted by molar-refractivity contribution is -0.121. The summed E-state index contributed by atoms with van der Waals surface area (Å²) in [5.74, 6) is -0.518. The van der Waals surface area contributed by atoms with Crippen LogP contribution in [-0.2, 0) is 11.3 Å². The first-order valence-corrected chi connectivity index (χ1v) is 8.61. The monoisotopic (exact) mass is 351 g/mol. The van der Waals surface area contributed by atoms with Crippen LogP contribution in [0.4, 0.5) is 0 Å². The third-order valence-corrected chi connectivity index (χ3v) is 4.95. The van der Waals surface area contributed by atoms with Gasteiger partial charge in [-0.3, -0.25) is 9.36 Å². The van der Waals surface area contributed by atoms with Crippen LogP contribution in [0.1, 0.15) is 26.2 Å². The number of rotatable bonds is 5. The van der Waals surface area contributed by atoms with E-state index >= 15 is 0 Å². The van der Waals surface area contributed by atoms with E-state index in [1.165, 1.54) is 4.57 Å². The molecule has 2 aromatic rings. The highest BCUT2D eigenvalue weighted by Crippen LogP contribution is 2.26. The number of carbonyl (C=O) groups excluding carboxylic acids is 1. The van der Waals surface area contributed by atoms with Crippen LogP contribution < -0.4 is 16.4 Å². The van der Waals surface area contributed by atoms with Gasteiger partial charge in [-0.25, -0.2) is 4.79 Å². The summed E-state index contributed by atoms with van der Waals surface area (Å²) in [4.78, 5) is 24.1. The minimum absolute atomic E-state index is 0.0510. The Morgan fingerprint density at radius 1 is 1.42 bits per heavy atom. The minimum atomic E-state index is -0.467. The third-order valence-electron chi connectivity index (χ3n) is 4.72. The van der Waals surface area contributed by atoms with Crippen LogP contribution in [-0.4, -0.2) is 30.1 Å². The van der Waals surface area contributed by atoms with Crippen molar-refractivity contribution >= 4 is 28.6 Å². The summed E-state index contributed by atoms with van der Waals surface area (Å²) < 4.78 is 6.64. The number of nitrogens with zero attached hydrogens (tertiary/aromatic N) is 1. The van der Waals surface area contributed by atoms with Crippen molar-refractivity contribution in [3.63, 3.8) is 0 Å². The Hall–Kier alpha value is -1.79. The van der Waals surface area contributed by atoms with Gasteiger partial charge >= 0.3 is 5.76 Å². The molecule has 0 aliphatic carbocycles. The summed E-state index contributed by atoms with van der Waals surface area (Å²) in [6, 6.07) is 5.04. The maximum absolute atomic E-state index is 12.1. The normalized spacial score (nSPS) is 17.1. The molecular weight excluding hydrogens is 330 g/mol. The Labute approximate surface area is 145 Å². The predicted octanol–water partition coefficient (Wildman–Crippen LogP) is 2.14. The lowest BCUT2D eigenvalue weighted by Crippen LogP contribution is -2.43. The van der Waals surface area contributed by atoms with E-state index in [9.17, 15) is 9.59 Å². The molecule has 7 heteroatoms. The molecule has 0 unspecified atom stereocenters. The number of amides is 1. The molecule has 0 atom stereocenters. The fraction of sp³-hybridized carbons (Fsp3) is 0.529. The lowest BCUT2D eigenvalue weighted by atomic mass is 9.81. The molecule has 24 heavy (non-hydrogen) atoms. The molecule has 0 radical (unpaired) electrons.